The van der Waals surface area contributed by atoms with Gasteiger partial charge in [-0.15, -0.1) is 0 Å². The number of imide groups is 1. The third-order valence-corrected chi connectivity index (χ3v) is 3.67. The zero-order chi connectivity index (χ0) is 19.1. The van der Waals surface area contributed by atoms with Gasteiger partial charge in [-0.1, -0.05) is 18.2 Å². The third kappa shape index (κ3) is 2.94. The number of carbonyl (C=O) groups excluding carboxylic acids is 4. The molecular weight excluding hydrogens is 342 g/mol. The average molecular weight is 357 g/mol. The van der Waals surface area contributed by atoms with Crippen LogP contribution in [-0.2, 0) is 28.7 Å². The van der Waals surface area contributed by atoms with E-state index in [-0.39, 0.29) is 11.3 Å². The first-order valence-corrected chi connectivity index (χ1v) is 7.66. The van der Waals surface area contributed by atoms with E-state index >= 15 is 0 Å². The van der Waals surface area contributed by atoms with Gasteiger partial charge in [0.25, 0.3) is 23.3 Å². The molecule has 2 heterocycles. The predicted octanol–water partition coefficient (Wildman–Crippen LogP) is 0.615. The standard InChI is InChI=1S/C17H15N3O6/c1-9-11(14(22)20(13(9)21)10-7-5-4-6-8-10)18-19-12-15(23)25-17(2,3)26-16(12)24/h4-8,18H,1-3H3. The van der Waals surface area contributed by atoms with Crippen LogP contribution in [0.3, 0.4) is 0 Å². The second-order valence-electron chi connectivity index (χ2n) is 6.03. The number of rotatable bonds is 3. The Labute approximate surface area is 148 Å². The summed E-state index contributed by atoms with van der Waals surface area (Å²) in [6.07, 6.45) is 0. The lowest BCUT2D eigenvalue weighted by Crippen LogP contribution is -2.47. The molecule has 9 nitrogen and oxygen atoms in total. The molecule has 1 aromatic rings. The van der Waals surface area contributed by atoms with Gasteiger partial charge >= 0.3 is 11.9 Å². The highest BCUT2D eigenvalue weighted by Gasteiger charge is 2.42. The molecule has 1 aromatic carbocycles. The summed E-state index contributed by atoms with van der Waals surface area (Å²) >= 11 is 0. The number of carbonyl (C=O) groups is 4. The van der Waals surface area contributed by atoms with Crippen molar-refractivity contribution in [2.45, 2.75) is 26.6 Å². The monoisotopic (exact) mass is 357 g/mol. The highest BCUT2D eigenvalue weighted by Crippen LogP contribution is 2.25. The number of anilines is 1. The predicted molar refractivity (Wildman–Crippen MR) is 88.5 cm³/mol. The highest BCUT2D eigenvalue weighted by atomic mass is 16.7. The van der Waals surface area contributed by atoms with Gasteiger partial charge in [0.05, 0.1) is 5.69 Å². The van der Waals surface area contributed by atoms with Gasteiger partial charge in [0.1, 0.15) is 5.70 Å². The van der Waals surface area contributed by atoms with E-state index in [1.165, 1.54) is 20.8 Å². The van der Waals surface area contributed by atoms with Gasteiger partial charge in [-0.05, 0) is 19.1 Å². The van der Waals surface area contributed by atoms with Crippen LogP contribution >= 0.6 is 0 Å². The van der Waals surface area contributed by atoms with Crippen LogP contribution in [0.15, 0.2) is 46.7 Å². The Balaban J connectivity index is 1.84. The molecule has 0 atom stereocenters. The van der Waals surface area contributed by atoms with E-state index in [2.05, 4.69) is 10.5 Å². The number of para-hydroxylation sites is 1. The number of hydrazone groups is 1. The molecule has 2 aliphatic heterocycles. The number of nitrogens with zero attached hydrogens (tertiary/aromatic N) is 2. The summed E-state index contributed by atoms with van der Waals surface area (Å²) in [5.74, 6) is -4.56. The molecule has 1 fully saturated rings. The van der Waals surface area contributed by atoms with Crippen LogP contribution in [0.2, 0.25) is 0 Å². The minimum Gasteiger partial charge on any atom is -0.418 e. The number of amides is 2. The average Bonchev–Trinajstić information content (AvgIpc) is 2.77. The van der Waals surface area contributed by atoms with E-state index in [0.717, 1.165) is 4.90 Å². The molecule has 0 aliphatic carbocycles. The number of cyclic esters (lactones) is 2. The SMILES string of the molecule is CC1=C(NN=C2C(=O)OC(C)(C)OC2=O)C(=O)N(c2ccccc2)C1=O. The maximum Gasteiger partial charge on any atom is 0.369 e. The van der Waals surface area contributed by atoms with Crippen molar-refractivity contribution in [2.75, 3.05) is 4.90 Å². The van der Waals surface area contributed by atoms with Crippen molar-refractivity contribution in [3.63, 3.8) is 0 Å². The van der Waals surface area contributed by atoms with Crippen LogP contribution in [0.1, 0.15) is 20.8 Å². The summed E-state index contributed by atoms with van der Waals surface area (Å²) in [5.41, 5.74) is 2.02. The van der Waals surface area contributed by atoms with Crippen LogP contribution in [-0.4, -0.2) is 35.3 Å². The molecule has 2 aliphatic rings. The second-order valence-corrected chi connectivity index (χ2v) is 6.03. The normalized spacial score (nSPS) is 19.5. The van der Waals surface area contributed by atoms with Crippen molar-refractivity contribution in [3.8, 4) is 0 Å². The van der Waals surface area contributed by atoms with Crippen LogP contribution < -0.4 is 10.3 Å². The summed E-state index contributed by atoms with van der Waals surface area (Å²) in [6.45, 7) is 4.24. The van der Waals surface area contributed by atoms with E-state index in [9.17, 15) is 19.2 Å². The number of ether oxygens (including phenoxy) is 2. The molecule has 9 heteroatoms. The zero-order valence-corrected chi connectivity index (χ0v) is 14.2. The number of esters is 2. The summed E-state index contributed by atoms with van der Waals surface area (Å²) in [7, 11) is 0. The van der Waals surface area contributed by atoms with Gasteiger partial charge in [-0.25, -0.2) is 14.5 Å². The lowest BCUT2D eigenvalue weighted by molar-refractivity contribution is -0.214. The Morgan fingerprint density at radius 3 is 2.12 bits per heavy atom. The highest BCUT2D eigenvalue weighted by molar-refractivity contribution is 6.63. The Morgan fingerprint density at radius 1 is 0.962 bits per heavy atom. The fraction of sp³-hybridized carbons (Fsp3) is 0.235. The van der Waals surface area contributed by atoms with Crippen molar-refractivity contribution in [2.24, 2.45) is 5.10 Å². The first-order chi connectivity index (χ1) is 12.2. The molecular formula is C17H15N3O6. The van der Waals surface area contributed by atoms with Crippen molar-refractivity contribution >= 4 is 35.2 Å². The van der Waals surface area contributed by atoms with E-state index in [4.69, 9.17) is 9.47 Å². The Bertz CT molecular complexity index is 863. The second kappa shape index (κ2) is 6.10. The van der Waals surface area contributed by atoms with Crippen LogP contribution in [0.25, 0.3) is 0 Å². The number of hydrogen-bond donors (Lipinski definition) is 1. The largest absolute Gasteiger partial charge is 0.418 e. The Hall–Kier alpha value is -3.49. The molecule has 0 saturated carbocycles. The maximum atomic E-state index is 12.5. The molecule has 1 N–H and O–H groups in total. The van der Waals surface area contributed by atoms with Crippen molar-refractivity contribution in [1.29, 1.82) is 0 Å². The van der Waals surface area contributed by atoms with Gasteiger partial charge in [0.2, 0.25) is 0 Å². The zero-order valence-electron chi connectivity index (χ0n) is 14.2. The number of benzene rings is 1. The minimum atomic E-state index is -1.40. The van der Waals surface area contributed by atoms with Gasteiger partial charge < -0.3 is 9.47 Å². The Kier molecular flexibility index (Phi) is 4.07. The molecule has 3 rings (SSSR count). The van der Waals surface area contributed by atoms with E-state index in [0.29, 0.717) is 5.69 Å². The molecule has 26 heavy (non-hydrogen) atoms. The maximum absolute atomic E-state index is 12.5. The van der Waals surface area contributed by atoms with Gasteiger partial charge in [0.15, 0.2) is 0 Å². The molecule has 0 spiro atoms. The van der Waals surface area contributed by atoms with Crippen LogP contribution in [0.5, 0.6) is 0 Å². The summed E-state index contributed by atoms with van der Waals surface area (Å²) in [6, 6.07) is 8.34. The number of hydrogen-bond acceptors (Lipinski definition) is 8. The van der Waals surface area contributed by atoms with Gasteiger partial charge in [-0.2, -0.15) is 5.10 Å². The quantitative estimate of drug-likeness (QED) is 0.479. The van der Waals surface area contributed by atoms with Crippen molar-refractivity contribution in [1.82, 2.24) is 5.43 Å². The van der Waals surface area contributed by atoms with Gasteiger partial charge in [0, 0.05) is 19.4 Å². The molecule has 0 unspecified atom stereocenters. The molecule has 0 radical (unpaired) electrons. The first kappa shape index (κ1) is 17.3. The van der Waals surface area contributed by atoms with E-state index < -0.39 is 35.3 Å². The lowest BCUT2D eigenvalue weighted by Gasteiger charge is -2.28. The summed E-state index contributed by atoms with van der Waals surface area (Å²) < 4.78 is 9.81. The van der Waals surface area contributed by atoms with Crippen LogP contribution in [0, 0.1) is 0 Å². The topological polar surface area (TPSA) is 114 Å². The van der Waals surface area contributed by atoms with Crippen molar-refractivity contribution < 1.29 is 28.7 Å². The molecule has 0 aromatic heterocycles. The van der Waals surface area contributed by atoms with Crippen molar-refractivity contribution in [3.05, 3.63) is 41.6 Å². The molecule has 2 amide bonds. The summed E-state index contributed by atoms with van der Waals surface area (Å²) in [4.78, 5) is 49.6. The van der Waals surface area contributed by atoms with Crippen LogP contribution in [0.4, 0.5) is 5.69 Å². The van der Waals surface area contributed by atoms with E-state index in [1.807, 2.05) is 0 Å². The molecule has 0 bridgehead atoms. The third-order valence-electron chi connectivity index (χ3n) is 3.67. The lowest BCUT2D eigenvalue weighted by atomic mass is 10.2. The fourth-order valence-corrected chi connectivity index (χ4v) is 2.43. The first-order valence-electron chi connectivity index (χ1n) is 7.66. The molecule has 1 saturated heterocycles. The van der Waals surface area contributed by atoms with E-state index in [1.54, 1.807) is 30.3 Å². The Morgan fingerprint density at radius 2 is 1.54 bits per heavy atom. The van der Waals surface area contributed by atoms with Gasteiger partial charge in [-0.3, -0.25) is 15.0 Å². The minimum absolute atomic E-state index is 0.0982. The smallest absolute Gasteiger partial charge is 0.369 e. The molecule has 134 valence electrons. The summed E-state index contributed by atoms with van der Waals surface area (Å²) in [5, 5.41) is 3.62. The number of nitrogens with one attached hydrogen (secondary N) is 1. The fourth-order valence-electron chi connectivity index (χ4n) is 2.43.